The molecule has 7 heteroatoms. The number of sulfonamides is 1. The Hall–Kier alpha value is -1.08. The Morgan fingerprint density at radius 3 is 2.25 bits per heavy atom. The van der Waals surface area contributed by atoms with E-state index >= 15 is 0 Å². The van der Waals surface area contributed by atoms with Crippen LogP contribution in [0, 0.1) is 12.8 Å². The van der Waals surface area contributed by atoms with E-state index in [9.17, 15) is 21.6 Å². The molecule has 1 unspecified atom stereocenters. The third-order valence-electron chi connectivity index (χ3n) is 3.00. The Morgan fingerprint density at radius 1 is 1.20 bits per heavy atom. The summed E-state index contributed by atoms with van der Waals surface area (Å²) in [6.07, 6.45) is -4.18. The molecular weight excluding hydrogens is 291 g/mol. The third kappa shape index (κ3) is 5.13. The predicted molar refractivity (Wildman–Crippen MR) is 70.8 cm³/mol. The highest BCUT2D eigenvalue weighted by atomic mass is 32.2. The van der Waals surface area contributed by atoms with Gasteiger partial charge in [0, 0.05) is 6.54 Å². The van der Waals surface area contributed by atoms with Crippen molar-refractivity contribution in [1.29, 1.82) is 0 Å². The topological polar surface area (TPSA) is 46.2 Å². The highest BCUT2D eigenvalue weighted by Gasteiger charge is 2.35. The van der Waals surface area contributed by atoms with Crippen molar-refractivity contribution < 1.29 is 21.6 Å². The molecule has 0 aromatic heterocycles. The minimum atomic E-state index is -4.23. The van der Waals surface area contributed by atoms with E-state index in [2.05, 4.69) is 4.72 Å². The summed E-state index contributed by atoms with van der Waals surface area (Å²) < 4.78 is 62.8. The van der Waals surface area contributed by atoms with Crippen molar-refractivity contribution in [3.63, 3.8) is 0 Å². The maximum absolute atomic E-state index is 12.3. The lowest BCUT2D eigenvalue weighted by atomic mass is 10.1. The molecular formula is C13H18F3NO2S. The van der Waals surface area contributed by atoms with Crippen molar-refractivity contribution in [3.05, 3.63) is 29.8 Å². The van der Waals surface area contributed by atoms with Gasteiger partial charge in [0.1, 0.15) is 0 Å². The summed E-state index contributed by atoms with van der Waals surface area (Å²) in [5, 5.41) is 0. The summed E-state index contributed by atoms with van der Waals surface area (Å²) in [6.45, 7) is 2.92. The van der Waals surface area contributed by atoms with Crippen molar-refractivity contribution in [2.24, 2.45) is 5.92 Å². The smallest absolute Gasteiger partial charge is 0.211 e. The number of hydrogen-bond acceptors (Lipinski definition) is 2. The number of nitrogens with one attached hydrogen (secondary N) is 1. The first-order valence-electron chi connectivity index (χ1n) is 6.26. The minimum absolute atomic E-state index is 0.00334. The molecule has 0 aliphatic heterocycles. The molecule has 1 atom stereocenters. The second kappa shape index (κ2) is 6.58. The van der Waals surface area contributed by atoms with Gasteiger partial charge in [-0.2, -0.15) is 13.2 Å². The molecule has 20 heavy (non-hydrogen) atoms. The Bertz CT molecular complexity index is 524. The zero-order valence-corrected chi connectivity index (χ0v) is 12.2. The Morgan fingerprint density at radius 2 is 1.75 bits per heavy atom. The number of hydrogen-bond donors (Lipinski definition) is 1. The second-order valence-corrected chi connectivity index (χ2v) is 6.56. The van der Waals surface area contributed by atoms with Crippen LogP contribution in [0.3, 0.4) is 0 Å². The summed E-state index contributed by atoms with van der Waals surface area (Å²) in [4.78, 5) is 0.118. The third-order valence-corrected chi connectivity index (χ3v) is 4.47. The fraction of sp³-hybridized carbons (Fsp3) is 0.538. The number of aryl methyl sites for hydroxylation is 1. The zero-order valence-electron chi connectivity index (χ0n) is 11.4. The van der Waals surface area contributed by atoms with Gasteiger partial charge in [-0.25, -0.2) is 13.1 Å². The van der Waals surface area contributed by atoms with Crippen molar-refractivity contribution in [2.45, 2.75) is 37.8 Å². The molecule has 0 spiro atoms. The number of benzene rings is 1. The van der Waals surface area contributed by atoms with Gasteiger partial charge in [-0.3, -0.25) is 0 Å². The second-order valence-electron chi connectivity index (χ2n) is 4.80. The molecule has 3 nitrogen and oxygen atoms in total. The molecule has 0 amide bonds. The van der Waals surface area contributed by atoms with Crippen LogP contribution < -0.4 is 4.72 Å². The standard InChI is InChI=1S/C13H18F3NO2S/c1-10-5-7-12(8-6-10)20(18,19)17-9-3-4-11(2)13(14,15)16/h5-8,11,17H,3-4,9H2,1-2H3. The van der Waals surface area contributed by atoms with Crippen molar-refractivity contribution in [3.8, 4) is 0 Å². The first kappa shape index (κ1) is 17.0. The highest BCUT2D eigenvalue weighted by molar-refractivity contribution is 7.89. The molecule has 0 fully saturated rings. The SMILES string of the molecule is Cc1ccc(S(=O)(=O)NCCCC(C)C(F)(F)F)cc1. The average Bonchev–Trinajstić information content (AvgIpc) is 2.33. The van der Waals surface area contributed by atoms with Crippen LogP contribution in [0.15, 0.2) is 29.2 Å². The molecule has 0 heterocycles. The molecule has 1 rings (SSSR count). The monoisotopic (exact) mass is 309 g/mol. The van der Waals surface area contributed by atoms with Crippen LogP contribution in [0.1, 0.15) is 25.3 Å². The van der Waals surface area contributed by atoms with Crippen LogP contribution in [0.4, 0.5) is 13.2 Å². The molecule has 114 valence electrons. The van der Waals surface area contributed by atoms with Gasteiger partial charge >= 0.3 is 6.18 Å². The van der Waals surface area contributed by atoms with E-state index in [-0.39, 0.29) is 24.3 Å². The largest absolute Gasteiger partial charge is 0.391 e. The van der Waals surface area contributed by atoms with Gasteiger partial charge in [0.25, 0.3) is 0 Å². The van der Waals surface area contributed by atoms with Crippen LogP contribution in [0.2, 0.25) is 0 Å². The molecule has 1 aromatic rings. The predicted octanol–water partition coefficient (Wildman–Crippen LogP) is 3.25. The molecule has 0 saturated carbocycles. The van der Waals surface area contributed by atoms with Gasteiger partial charge in [-0.05, 0) is 31.9 Å². The van der Waals surface area contributed by atoms with E-state index < -0.39 is 22.1 Å². The van der Waals surface area contributed by atoms with E-state index in [1.54, 1.807) is 12.1 Å². The molecule has 0 saturated heterocycles. The normalized spacial score (nSPS) is 14.2. The van der Waals surface area contributed by atoms with Crippen molar-refractivity contribution in [1.82, 2.24) is 4.72 Å². The van der Waals surface area contributed by atoms with Crippen molar-refractivity contribution in [2.75, 3.05) is 6.54 Å². The summed E-state index contributed by atoms with van der Waals surface area (Å²) in [5.41, 5.74) is 0.933. The molecule has 0 radical (unpaired) electrons. The maximum Gasteiger partial charge on any atom is 0.391 e. The lowest BCUT2D eigenvalue weighted by Gasteiger charge is -2.15. The van der Waals surface area contributed by atoms with Crippen LogP contribution in [-0.4, -0.2) is 21.1 Å². The highest BCUT2D eigenvalue weighted by Crippen LogP contribution is 2.28. The minimum Gasteiger partial charge on any atom is -0.211 e. The lowest BCUT2D eigenvalue weighted by molar-refractivity contribution is -0.171. The van der Waals surface area contributed by atoms with Gasteiger partial charge in [-0.1, -0.05) is 24.6 Å². The van der Waals surface area contributed by atoms with Crippen LogP contribution in [0.5, 0.6) is 0 Å². The first-order chi connectivity index (χ1) is 9.13. The fourth-order valence-electron chi connectivity index (χ4n) is 1.58. The van der Waals surface area contributed by atoms with E-state index in [0.717, 1.165) is 12.5 Å². The van der Waals surface area contributed by atoms with E-state index in [1.165, 1.54) is 12.1 Å². The van der Waals surface area contributed by atoms with Gasteiger partial charge < -0.3 is 0 Å². The van der Waals surface area contributed by atoms with Crippen molar-refractivity contribution >= 4 is 10.0 Å². The van der Waals surface area contributed by atoms with Gasteiger partial charge in [0.2, 0.25) is 10.0 Å². The summed E-state index contributed by atoms with van der Waals surface area (Å²) in [6, 6.07) is 6.27. The average molecular weight is 309 g/mol. The maximum atomic E-state index is 12.3. The Balaban J connectivity index is 2.47. The number of rotatable bonds is 6. The quantitative estimate of drug-likeness (QED) is 0.820. The summed E-state index contributed by atoms with van der Waals surface area (Å²) in [7, 11) is -3.64. The Kier molecular flexibility index (Phi) is 5.59. The molecule has 1 aromatic carbocycles. The zero-order chi connectivity index (χ0) is 15.4. The van der Waals surface area contributed by atoms with Crippen LogP contribution >= 0.6 is 0 Å². The first-order valence-corrected chi connectivity index (χ1v) is 7.74. The van der Waals surface area contributed by atoms with Gasteiger partial charge in [0.15, 0.2) is 0 Å². The molecule has 0 bridgehead atoms. The van der Waals surface area contributed by atoms with Crippen LogP contribution in [-0.2, 0) is 10.0 Å². The van der Waals surface area contributed by atoms with E-state index in [1.807, 2.05) is 6.92 Å². The lowest BCUT2D eigenvalue weighted by Crippen LogP contribution is -2.26. The Labute approximate surface area is 117 Å². The molecule has 0 aliphatic rings. The number of halogens is 3. The summed E-state index contributed by atoms with van der Waals surface area (Å²) in [5.74, 6) is -1.42. The number of alkyl halides is 3. The summed E-state index contributed by atoms with van der Waals surface area (Å²) >= 11 is 0. The van der Waals surface area contributed by atoms with Crippen LogP contribution in [0.25, 0.3) is 0 Å². The molecule has 1 N–H and O–H groups in total. The van der Waals surface area contributed by atoms with E-state index in [4.69, 9.17) is 0 Å². The molecule has 0 aliphatic carbocycles. The van der Waals surface area contributed by atoms with Gasteiger partial charge in [-0.15, -0.1) is 0 Å². The fourth-order valence-corrected chi connectivity index (χ4v) is 2.65. The van der Waals surface area contributed by atoms with E-state index in [0.29, 0.717) is 0 Å². The van der Waals surface area contributed by atoms with Gasteiger partial charge in [0.05, 0.1) is 10.8 Å².